The molecule has 1 saturated carbocycles. The number of rotatable bonds is 4. The highest BCUT2D eigenvalue weighted by molar-refractivity contribution is 6.15. The second kappa shape index (κ2) is 6.94. The Morgan fingerprint density at radius 3 is 2.35 bits per heavy atom. The molecule has 5 heteroatoms. The Hall–Kier alpha value is -2.17. The Balaban J connectivity index is 2.15. The summed E-state index contributed by atoms with van der Waals surface area (Å²) in [6.07, 6.45) is 0.768. The van der Waals surface area contributed by atoms with E-state index in [4.69, 9.17) is 0 Å². The fourth-order valence-electron chi connectivity index (χ4n) is 3.50. The van der Waals surface area contributed by atoms with Gasteiger partial charge in [-0.2, -0.15) is 0 Å². The van der Waals surface area contributed by atoms with E-state index in [1.807, 2.05) is 32.9 Å². The first kappa shape index (κ1) is 17.2. The van der Waals surface area contributed by atoms with Gasteiger partial charge in [-0.15, -0.1) is 0 Å². The molecule has 0 saturated heterocycles. The first-order chi connectivity index (χ1) is 10.8. The molecule has 0 heterocycles. The minimum absolute atomic E-state index is 0.00463. The molecule has 124 valence electrons. The maximum absolute atomic E-state index is 12.7. The molecule has 1 aromatic carbocycles. The van der Waals surface area contributed by atoms with Crippen molar-refractivity contribution in [3.8, 4) is 0 Å². The molecule has 2 rings (SSSR count). The van der Waals surface area contributed by atoms with Crippen molar-refractivity contribution in [1.82, 2.24) is 10.6 Å². The van der Waals surface area contributed by atoms with Crippen molar-refractivity contribution in [2.45, 2.75) is 39.5 Å². The second-order valence-electron chi connectivity index (χ2n) is 6.31. The summed E-state index contributed by atoms with van der Waals surface area (Å²) in [7, 11) is 1.54. The van der Waals surface area contributed by atoms with Gasteiger partial charge >= 0.3 is 6.03 Å². The van der Waals surface area contributed by atoms with Crippen LogP contribution in [0.25, 0.3) is 0 Å². The minimum Gasteiger partial charge on any atom is -0.341 e. The molecular formula is C18H24N2O3. The van der Waals surface area contributed by atoms with Crippen LogP contribution in [-0.4, -0.2) is 31.2 Å². The Morgan fingerprint density at radius 2 is 1.78 bits per heavy atom. The molecular weight excluding hydrogens is 292 g/mol. The fourth-order valence-corrected chi connectivity index (χ4v) is 3.50. The van der Waals surface area contributed by atoms with Crippen molar-refractivity contribution in [2.24, 2.45) is 5.92 Å². The van der Waals surface area contributed by atoms with Gasteiger partial charge in [-0.05, 0) is 43.9 Å². The lowest BCUT2D eigenvalue weighted by atomic mass is 9.86. The van der Waals surface area contributed by atoms with Crippen LogP contribution in [0.15, 0.2) is 12.1 Å². The lowest BCUT2D eigenvalue weighted by molar-refractivity contribution is -0.124. The van der Waals surface area contributed by atoms with Crippen molar-refractivity contribution in [3.63, 3.8) is 0 Å². The van der Waals surface area contributed by atoms with Gasteiger partial charge in [0.1, 0.15) is 11.7 Å². The van der Waals surface area contributed by atoms with E-state index in [0.29, 0.717) is 13.0 Å². The van der Waals surface area contributed by atoms with Gasteiger partial charge in [0.05, 0.1) is 0 Å². The number of hydrogen-bond donors (Lipinski definition) is 2. The zero-order valence-electron chi connectivity index (χ0n) is 14.2. The van der Waals surface area contributed by atoms with E-state index in [1.54, 1.807) is 7.05 Å². The lowest BCUT2D eigenvalue weighted by Gasteiger charge is -2.16. The molecule has 0 radical (unpaired) electrons. The van der Waals surface area contributed by atoms with Crippen LogP contribution < -0.4 is 10.6 Å². The Morgan fingerprint density at radius 1 is 1.17 bits per heavy atom. The molecule has 1 aliphatic rings. The van der Waals surface area contributed by atoms with Gasteiger partial charge in [-0.3, -0.25) is 9.59 Å². The van der Waals surface area contributed by atoms with Crippen LogP contribution in [0, 0.1) is 26.7 Å². The normalized spacial score (nSPS) is 20.7. The molecule has 1 fully saturated rings. The summed E-state index contributed by atoms with van der Waals surface area (Å²) in [5.41, 5.74) is 4.00. The smallest absolute Gasteiger partial charge is 0.314 e. The third-order valence-corrected chi connectivity index (χ3v) is 4.49. The lowest BCUT2D eigenvalue weighted by Crippen LogP contribution is -2.34. The number of hydrogen-bond acceptors (Lipinski definition) is 3. The number of aryl methyl sites for hydroxylation is 3. The van der Waals surface area contributed by atoms with E-state index in [0.717, 1.165) is 22.3 Å². The van der Waals surface area contributed by atoms with Crippen molar-refractivity contribution < 1.29 is 14.4 Å². The zero-order chi connectivity index (χ0) is 17.1. The fraction of sp³-hybridized carbons (Fsp3) is 0.500. The molecule has 0 aliphatic heterocycles. The minimum atomic E-state index is -0.638. The molecule has 2 unspecified atom stereocenters. The zero-order valence-corrected chi connectivity index (χ0v) is 14.2. The largest absolute Gasteiger partial charge is 0.341 e. The van der Waals surface area contributed by atoms with Gasteiger partial charge in [-0.25, -0.2) is 4.79 Å². The summed E-state index contributed by atoms with van der Waals surface area (Å²) < 4.78 is 0. The summed E-state index contributed by atoms with van der Waals surface area (Å²) >= 11 is 0. The number of benzene rings is 1. The van der Waals surface area contributed by atoms with Crippen LogP contribution >= 0.6 is 0 Å². The molecule has 0 bridgehead atoms. The average molecular weight is 316 g/mol. The number of carbonyl (C=O) groups excluding carboxylic acids is 3. The van der Waals surface area contributed by atoms with E-state index in [-0.39, 0.29) is 29.9 Å². The average Bonchev–Trinajstić information content (AvgIpc) is 2.74. The highest BCUT2D eigenvalue weighted by atomic mass is 16.2. The summed E-state index contributed by atoms with van der Waals surface area (Å²) in [4.78, 5) is 36.3. The van der Waals surface area contributed by atoms with Crippen LogP contribution in [0.5, 0.6) is 0 Å². The maximum atomic E-state index is 12.7. The number of Topliss-reactive ketones (excluding diaryl/α,β-unsaturated/α-hetero) is 2. The van der Waals surface area contributed by atoms with Crippen LogP contribution in [0.3, 0.4) is 0 Å². The summed E-state index contributed by atoms with van der Waals surface area (Å²) in [6.45, 7) is 6.31. The summed E-state index contributed by atoms with van der Waals surface area (Å²) in [6, 6.07) is 3.76. The number of carbonyl (C=O) groups is 3. The molecule has 23 heavy (non-hydrogen) atoms. The number of nitrogens with one attached hydrogen (secondary N) is 2. The SMILES string of the molecule is CNC(=O)NCCC1CC(=O)C(c2c(C)cc(C)cc2C)C1=O. The van der Waals surface area contributed by atoms with E-state index in [2.05, 4.69) is 10.6 Å². The molecule has 1 aliphatic carbocycles. The Labute approximate surface area is 136 Å². The highest BCUT2D eigenvalue weighted by Crippen LogP contribution is 2.37. The van der Waals surface area contributed by atoms with Crippen molar-refractivity contribution in [2.75, 3.05) is 13.6 Å². The molecule has 0 aromatic heterocycles. The first-order valence-electron chi connectivity index (χ1n) is 7.95. The predicted molar refractivity (Wildman–Crippen MR) is 88.6 cm³/mol. The van der Waals surface area contributed by atoms with Crippen LogP contribution in [0.1, 0.15) is 41.0 Å². The van der Waals surface area contributed by atoms with Crippen molar-refractivity contribution in [1.29, 1.82) is 0 Å². The third-order valence-electron chi connectivity index (χ3n) is 4.49. The van der Waals surface area contributed by atoms with E-state index < -0.39 is 5.92 Å². The van der Waals surface area contributed by atoms with Crippen LogP contribution in [0.2, 0.25) is 0 Å². The Bertz CT molecular complexity index is 629. The van der Waals surface area contributed by atoms with Crippen LogP contribution in [0.4, 0.5) is 4.79 Å². The van der Waals surface area contributed by atoms with Gasteiger partial charge in [-0.1, -0.05) is 17.7 Å². The standard InChI is InChI=1S/C18H24N2O3/c1-10-7-11(2)15(12(3)8-10)16-14(21)9-13(17(16)22)5-6-20-18(23)19-4/h7-8,13,16H,5-6,9H2,1-4H3,(H2,19,20,23). The topological polar surface area (TPSA) is 75.3 Å². The van der Waals surface area contributed by atoms with Crippen molar-refractivity contribution >= 4 is 17.6 Å². The van der Waals surface area contributed by atoms with Gasteiger partial charge in [0.25, 0.3) is 0 Å². The monoisotopic (exact) mass is 316 g/mol. The molecule has 5 nitrogen and oxygen atoms in total. The van der Waals surface area contributed by atoms with Gasteiger partial charge in [0.2, 0.25) is 0 Å². The highest BCUT2D eigenvalue weighted by Gasteiger charge is 2.42. The molecule has 2 atom stereocenters. The second-order valence-corrected chi connectivity index (χ2v) is 6.31. The van der Waals surface area contributed by atoms with Gasteiger partial charge < -0.3 is 10.6 Å². The third kappa shape index (κ3) is 3.60. The quantitative estimate of drug-likeness (QED) is 0.836. The number of ketones is 2. The number of amides is 2. The summed E-state index contributed by atoms with van der Waals surface area (Å²) in [5.74, 6) is -0.955. The van der Waals surface area contributed by atoms with E-state index in [1.165, 1.54) is 0 Å². The van der Waals surface area contributed by atoms with Crippen LogP contribution in [-0.2, 0) is 9.59 Å². The molecule has 2 amide bonds. The first-order valence-corrected chi connectivity index (χ1v) is 7.95. The van der Waals surface area contributed by atoms with Gasteiger partial charge in [0.15, 0.2) is 5.78 Å². The van der Waals surface area contributed by atoms with E-state index in [9.17, 15) is 14.4 Å². The predicted octanol–water partition coefficient (Wildman–Crippen LogP) is 2.17. The van der Waals surface area contributed by atoms with Gasteiger partial charge in [0, 0.05) is 25.9 Å². The maximum Gasteiger partial charge on any atom is 0.314 e. The number of urea groups is 1. The molecule has 0 spiro atoms. The summed E-state index contributed by atoms with van der Waals surface area (Å²) in [5, 5.41) is 5.13. The molecule has 2 N–H and O–H groups in total. The van der Waals surface area contributed by atoms with E-state index >= 15 is 0 Å². The Kier molecular flexibility index (Phi) is 5.19. The van der Waals surface area contributed by atoms with Crippen molar-refractivity contribution in [3.05, 3.63) is 34.4 Å². The molecule has 1 aromatic rings.